The molecule has 0 aliphatic heterocycles. The zero-order valence-electron chi connectivity index (χ0n) is 11.5. The molecule has 0 saturated carbocycles. The van der Waals surface area contributed by atoms with Gasteiger partial charge in [0, 0.05) is 21.5 Å². The van der Waals surface area contributed by atoms with Gasteiger partial charge in [-0.05, 0) is 30.3 Å². The first-order valence-electron chi connectivity index (χ1n) is 6.61. The van der Waals surface area contributed by atoms with E-state index in [0.717, 1.165) is 15.8 Å². The van der Waals surface area contributed by atoms with Gasteiger partial charge in [0.2, 0.25) is 5.91 Å². The highest BCUT2D eigenvalue weighted by atomic mass is 35.5. The molecule has 0 aliphatic rings. The van der Waals surface area contributed by atoms with Crippen molar-refractivity contribution >= 4 is 40.2 Å². The maximum absolute atomic E-state index is 12.4. The second kappa shape index (κ2) is 6.27. The molecule has 0 saturated heterocycles. The van der Waals surface area contributed by atoms with Gasteiger partial charge < -0.3 is 0 Å². The largest absolute Gasteiger partial charge is 0.285 e. The molecule has 1 aromatic heterocycles. The maximum Gasteiger partial charge on any atom is 0.241 e. The average Bonchev–Trinajstić information content (AvgIpc) is 2.93. The number of hydrogen-bond donors (Lipinski definition) is 0. The molecule has 5 heteroatoms. The monoisotopic (exact) mass is 326 g/mol. The van der Waals surface area contributed by atoms with Crippen molar-refractivity contribution in [3.63, 3.8) is 0 Å². The fourth-order valence-corrected chi connectivity index (χ4v) is 3.10. The van der Waals surface area contributed by atoms with Crippen molar-refractivity contribution in [3.05, 3.63) is 65.3 Å². The number of carbonyl (C=O) groups excluding carboxylic acids is 1. The molecule has 22 heavy (non-hydrogen) atoms. The summed E-state index contributed by atoms with van der Waals surface area (Å²) in [5, 5.41) is 10.6. The number of hydrogen-bond acceptors (Lipinski definition) is 3. The van der Waals surface area contributed by atoms with Crippen LogP contribution in [0.3, 0.4) is 0 Å². The highest BCUT2D eigenvalue weighted by Crippen LogP contribution is 2.24. The van der Waals surface area contributed by atoms with Crippen LogP contribution in [0.1, 0.15) is 10.4 Å². The highest BCUT2D eigenvalue weighted by Gasteiger charge is 2.13. The molecule has 108 valence electrons. The summed E-state index contributed by atoms with van der Waals surface area (Å²) in [5.41, 5.74) is 1.28. The van der Waals surface area contributed by atoms with Crippen LogP contribution in [0.15, 0.2) is 59.6 Å². The number of carbonyl (C=O) groups is 1. The third kappa shape index (κ3) is 2.87. The molecule has 0 atom stereocenters. The van der Waals surface area contributed by atoms with Gasteiger partial charge in [-0.25, -0.2) is 0 Å². The van der Waals surface area contributed by atoms with Crippen LogP contribution in [0, 0.1) is 11.3 Å². The van der Waals surface area contributed by atoms with Gasteiger partial charge in [-0.2, -0.15) is 5.26 Å². The van der Waals surface area contributed by atoms with Crippen molar-refractivity contribution in [1.82, 2.24) is 4.57 Å². The lowest BCUT2D eigenvalue weighted by atomic mass is 10.2. The number of fused-ring (bicyclic) bond motifs is 1. The van der Waals surface area contributed by atoms with Crippen LogP contribution >= 0.6 is 23.4 Å². The van der Waals surface area contributed by atoms with Gasteiger partial charge >= 0.3 is 0 Å². The third-order valence-electron chi connectivity index (χ3n) is 3.28. The number of aromatic nitrogens is 1. The van der Waals surface area contributed by atoms with E-state index in [1.54, 1.807) is 22.9 Å². The molecule has 0 N–H and O–H groups in total. The van der Waals surface area contributed by atoms with Crippen LogP contribution in [0.2, 0.25) is 5.02 Å². The molecule has 0 unspecified atom stereocenters. The van der Waals surface area contributed by atoms with Gasteiger partial charge in [0.25, 0.3) is 0 Å². The van der Waals surface area contributed by atoms with E-state index < -0.39 is 0 Å². The van der Waals surface area contributed by atoms with Crippen molar-refractivity contribution in [2.45, 2.75) is 4.90 Å². The number of para-hydroxylation sites is 1. The quantitative estimate of drug-likeness (QED) is 0.661. The van der Waals surface area contributed by atoms with Crippen LogP contribution in [0.4, 0.5) is 0 Å². The Morgan fingerprint density at radius 1 is 1.18 bits per heavy atom. The number of rotatable bonds is 3. The minimum Gasteiger partial charge on any atom is -0.285 e. The summed E-state index contributed by atoms with van der Waals surface area (Å²) in [6.07, 6.45) is 1.61. The lowest BCUT2D eigenvalue weighted by Gasteiger charge is -2.04. The van der Waals surface area contributed by atoms with Crippen molar-refractivity contribution in [2.24, 2.45) is 0 Å². The van der Waals surface area contributed by atoms with E-state index in [2.05, 4.69) is 6.07 Å². The number of nitrogens with zero attached hydrogens (tertiary/aromatic N) is 2. The summed E-state index contributed by atoms with van der Waals surface area (Å²) in [7, 11) is 0. The Kier molecular flexibility index (Phi) is 4.19. The molecule has 0 spiro atoms. The molecule has 0 radical (unpaired) electrons. The smallest absolute Gasteiger partial charge is 0.241 e. The Hall–Kier alpha value is -2.22. The standard InChI is InChI=1S/C17H11ClN2OS/c18-13-5-7-14(8-6-13)22-11-17(21)20-10-12(9-19)15-3-1-2-4-16(15)20/h1-8,10H,11H2. The van der Waals surface area contributed by atoms with Crippen LogP contribution in [-0.2, 0) is 0 Å². The minimum atomic E-state index is -0.0577. The Labute approximate surface area is 137 Å². The van der Waals surface area contributed by atoms with Crippen molar-refractivity contribution in [3.8, 4) is 6.07 Å². The van der Waals surface area contributed by atoms with E-state index in [1.165, 1.54) is 11.8 Å². The lowest BCUT2D eigenvalue weighted by Crippen LogP contribution is -2.11. The molecule has 0 fully saturated rings. The molecular weight excluding hydrogens is 316 g/mol. The maximum atomic E-state index is 12.4. The average molecular weight is 327 g/mol. The van der Waals surface area contributed by atoms with E-state index in [4.69, 9.17) is 11.6 Å². The second-order valence-corrected chi connectivity index (χ2v) is 6.16. The number of thioether (sulfide) groups is 1. The summed E-state index contributed by atoms with van der Waals surface area (Å²) in [6.45, 7) is 0. The first-order valence-corrected chi connectivity index (χ1v) is 7.97. The topological polar surface area (TPSA) is 45.8 Å². The summed E-state index contributed by atoms with van der Waals surface area (Å²) in [6, 6.07) is 16.9. The molecule has 3 aromatic rings. The Balaban J connectivity index is 1.83. The zero-order chi connectivity index (χ0) is 15.5. The fraction of sp³-hybridized carbons (Fsp3) is 0.0588. The molecule has 0 aliphatic carbocycles. The molecule has 0 amide bonds. The molecule has 2 aromatic carbocycles. The SMILES string of the molecule is N#Cc1cn(C(=O)CSc2ccc(Cl)cc2)c2ccccc12. The van der Waals surface area contributed by atoms with Crippen LogP contribution < -0.4 is 0 Å². The van der Waals surface area contributed by atoms with Gasteiger partial charge in [0.15, 0.2) is 0 Å². The third-order valence-corrected chi connectivity index (χ3v) is 4.53. The van der Waals surface area contributed by atoms with E-state index in [-0.39, 0.29) is 5.91 Å². The van der Waals surface area contributed by atoms with E-state index >= 15 is 0 Å². The van der Waals surface area contributed by atoms with Gasteiger partial charge in [0.1, 0.15) is 6.07 Å². The van der Waals surface area contributed by atoms with Crippen molar-refractivity contribution in [1.29, 1.82) is 5.26 Å². The Morgan fingerprint density at radius 2 is 1.91 bits per heavy atom. The molecule has 3 rings (SSSR count). The van der Waals surface area contributed by atoms with Gasteiger partial charge in [0.05, 0.1) is 16.8 Å². The van der Waals surface area contributed by atoms with E-state index in [9.17, 15) is 10.1 Å². The second-order valence-electron chi connectivity index (χ2n) is 4.68. The molecule has 1 heterocycles. The van der Waals surface area contributed by atoms with Crippen LogP contribution in [0.5, 0.6) is 0 Å². The van der Waals surface area contributed by atoms with Crippen LogP contribution in [0.25, 0.3) is 10.9 Å². The summed E-state index contributed by atoms with van der Waals surface area (Å²) in [4.78, 5) is 13.4. The van der Waals surface area contributed by atoms with Gasteiger partial charge in [-0.15, -0.1) is 11.8 Å². The predicted octanol–water partition coefficient (Wildman–Crippen LogP) is 4.60. The number of halogens is 1. The van der Waals surface area contributed by atoms with Gasteiger partial charge in [-0.1, -0.05) is 29.8 Å². The molecular formula is C17H11ClN2OS. The van der Waals surface area contributed by atoms with Gasteiger partial charge in [-0.3, -0.25) is 9.36 Å². The fourth-order valence-electron chi connectivity index (χ4n) is 2.22. The van der Waals surface area contributed by atoms with Crippen molar-refractivity contribution in [2.75, 3.05) is 5.75 Å². The first-order chi connectivity index (χ1) is 10.7. The number of nitriles is 1. The molecule has 3 nitrogen and oxygen atoms in total. The summed E-state index contributed by atoms with van der Waals surface area (Å²) < 4.78 is 1.55. The Bertz CT molecular complexity index is 878. The van der Waals surface area contributed by atoms with Crippen LogP contribution in [-0.4, -0.2) is 16.2 Å². The van der Waals surface area contributed by atoms with E-state index in [0.29, 0.717) is 16.3 Å². The van der Waals surface area contributed by atoms with E-state index in [1.807, 2.05) is 36.4 Å². The van der Waals surface area contributed by atoms with Crippen molar-refractivity contribution < 1.29 is 4.79 Å². The normalized spacial score (nSPS) is 10.5. The highest BCUT2D eigenvalue weighted by molar-refractivity contribution is 8.00. The zero-order valence-corrected chi connectivity index (χ0v) is 13.1. The lowest BCUT2D eigenvalue weighted by molar-refractivity contribution is 0.0947. The molecule has 0 bridgehead atoms. The Morgan fingerprint density at radius 3 is 2.64 bits per heavy atom. The summed E-state index contributed by atoms with van der Waals surface area (Å²) >= 11 is 7.29. The predicted molar refractivity (Wildman–Crippen MR) is 89.5 cm³/mol. The first kappa shape index (κ1) is 14.7. The number of benzene rings is 2. The minimum absolute atomic E-state index is 0.0577. The summed E-state index contributed by atoms with van der Waals surface area (Å²) in [5.74, 6) is 0.239.